The minimum absolute atomic E-state index is 0.198. The van der Waals surface area contributed by atoms with E-state index in [0.29, 0.717) is 12.1 Å². The Labute approximate surface area is 308 Å². The third-order valence-electron chi connectivity index (χ3n) is 10.3. The molecule has 0 radical (unpaired) electrons. The van der Waals surface area contributed by atoms with Crippen LogP contribution in [-0.4, -0.2) is 63.6 Å². The van der Waals surface area contributed by atoms with Crippen LogP contribution in [0.1, 0.15) is 55.6 Å². The van der Waals surface area contributed by atoms with Gasteiger partial charge >= 0.3 is 6.09 Å². The minimum atomic E-state index is -0.865. The number of likely N-dealkylation sites (tertiary alicyclic amines) is 1. The smallest absolute Gasteiger partial charge is 0.407 e. The van der Waals surface area contributed by atoms with E-state index in [1.807, 2.05) is 42.6 Å². The number of fused-ring (bicyclic) bond motifs is 1. The van der Waals surface area contributed by atoms with E-state index in [1.165, 1.54) is 32.1 Å². The molecule has 11 heteroatoms. The summed E-state index contributed by atoms with van der Waals surface area (Å²) in [6.45, 7) is 2.80. The predicted octanol–water partition coefficient (Wildman–Crippen LogP) is 8.18. The SMILES string of the molecule is COC(=O)N[C@H](C(=O)N1CCC[C@H]1c1ncc(-c2ccc(-c3ccc4ncnc(Nc5ccc(N6CCCCC6)cc5)c4c3)cc2)[nH]1)c1ccccc1. The summed E-state index contributed by atoms with van der Waals surface area (Å²) in [5.74, 6) is 1.28. The summed E-state index contributed by atoms with van der Waals surface area (Å²) in [7, 11) is 1.29. The second-order valence-corrected chi connectivity index (χ2v) is 13.6. The fraction of sp³-hybridized carbons (Fsp3) is 0.262. The third-order valence-corrected chi connectivity index (χ3v) is 10.3. The number of alkyl carbamates (subject to hydrolysis) is 1. The number of rotatable bonds is 9. The van der Waals surface area contributed by atoms with Crippen LogP contribution in [0.25, 0.3) is 33.3 Å². The zero-order valence-electron chi connectivity index (χ0n) is 29.7. The Hall–Kier alpha value is -6.23. The number of amides is 2. The summed E-state index contributed by atoms with van der Waals surface area (Å²) in [5.41, 5.74) is 7.78. The van der Waals surface area contributed by atoms with E-state index in [0.717, 1.165) is 76.5 Å². The van der Waals surface area contributed by atoms with Gasteiger partial charge in [-0.15, -0.1) is 0 Å². The van der Waals surface area contributed by atoms with Crippen molar-refractivity contribution in [3.8, 4) is 22.4 Å². The molecule has 2 aliphatic heterocycles. The van der Waals surface area contributed by atoms with Crippen LogP contribution in [0, 0.1) is 0 Å². The zero-order chi connectivity index (χ0) is 36.1. The Balaban J connectivity index is 0.981. The first-order chi connectivity index (χ1) is 26.0. The van der Waals surface area contributed by atoms with Gasteiger partial charge in [-0.1, -0.05) is 60.7 Å². The number of benzene rings is 4. The van der Waals surface area contributed by atoms with Crippen molar-refractivity contribution in [1.82, 2.24) is 30.2 Å². The molecule has 3 N–H and O–H groups in total. The Kier molecular flexibility index (Phi) is 9.70. The summed E-state index contributed by atoms with van der Waals surface area (Å²) < 4.78 is 4.83. The van der Waals surface area contributed by atoms with Gasteiger partial charge in [0.05, 0.1) is 30.6 Å². The molecule has 0 aliphatic carbocycles. The van der Waals surface area contributed by atoms with Gasteiger partial charge in [-0.25, -0.2) is 19.7 Å². The molecule has 0 unspecified atom stereocenters. The molecule has 2 aliphatic rings. The number of carbonyl (C=O) groups is 2. The number of carbonyl (C=O) groups excluding carboxylic acids is 2. The van der Waals surface area contributed by atoms with Crippen molar-refractivity contribution in [2.75, 3.05) is 37.0 Å². The van der Waals surface area contributed by atoms with Crippen molar-refractivity contribution in [2.24, 2.45) is 0 Å². The lowest BCUT2D eigenvalue weighted by Gasteiger charge is -2.28. The molecule has 11 nitrogen and oxygen atoms in total. The number of imidazole rings is 1. The van der Waals surface area contributed by atoms with Crippen LogP contribution >= 0.6 is 0 Å². The van der Waals surface area contributed by atoms with Gasteiger partial charge in [0, 0.05) is 36.4 Å². The fourth-order valence-electron chi connectivity index (χ4n) is 7.47. The summed E-state index contributed by atoms with van der Waals surface area (Å²) in [6.07, 6.45) is 8.17. The molecule has 268 valence electrons. The minimum Gasteiger partial charge on any atom is -0.453 e. The Bertz CT molecular complexity index is 2200. The van der Waals surface area contributed by atoms with E-state index in [-0.39, 0.29) is 11.9 Å². The number of ether oxygens (including phenoxy) is 1. The molecule has 0 bridgehead atoms. The highest BCUT2D eigenvalue weighted by molar-refractivity contribution is 5.94. The topological polar surface area (TPSA) is 128 Å². The Morgan fingerprint density at radius 3 is 2.34 bits per heavy atom. The molecule has 2 aromatic heterocycles. The van der Waals surface area contributed by atoms with Crippen molar-refractivity contribution in [1.29, 1.82) is 0 Å². The lowest BCUT2D eigenvalue weighted by atomic mass is 10.0. The number of methoxy groups -OCH3 is 1. The van der Waals surface area contributed by atoms with Crippen LogP contribution in [0.4, 0.5) is 22.0 Å². The van der Waals surface area contributed by atoms with Crippen LogP contribution in [0.3, 0.4) is 0 Å². The van der Waals surface area contributed by atoms with Crippen LogP contribution < -0.4 is 15.5 Å². The van der Waals surface area contributed by atoms with Gasteiger partial charge in [0.25, 0.3) is 5.91 Å². The molecule has 8 rings (SSSR count). The van der Waals surface area contributed by atoms with Crippen LogP contribution in [0.15, 0.2) is 110 Å². The maximum absolute atomic E-state index is 13.9. The number of hydrogen-bond acceptors (Lipinski definition) is 8. The maximum Gasteiger partial charge on any atom is 0.407 e. The largest absolute Gasteiger partial charge is 0.453 e. The molecule has 53 heavy (non-hydrogen) atoms. The van der Waals surface area contributed by atoms with E-state index < -0.39 is 12.1 Å². The molecule has 6 aromatic rings. The fourth-order valence-corrected chi connectivity index (χ4v) is 7.47. The van der Waals surface area contributed by atoms with Gasteiger partial charge in [-0.3, -0.25) is 4.79 Å². The van der Waals surface area contributed by atoms with E-state index in [2.05, 4.69) is 91.1 Å². The Morgan fingerprint density at radius 2 is 1.57 bits per heavy atom. The first kappa shape index (κ1) is 33.9. The zero-order valence-corrected chi connectivity index (χ0v) is 29.7. The molecule has 2 fully saturated rings. The molecule has 0 saturated carbocycles. The molecule has 2 amide bonds. The highest BCUT2D eigenvalue weighted by Crippen LogP contribution is 2.35. The molecule has 2 saturated heterocycles. The second kappa shape index (κ2) is 15.2. The van der Waals surface area contributed by atoms with E-state index in [1.54, 1.807) is 11.2 Å². The van der Waals surface area contributed by atoms with Crippen molar-refractivity contribution in [3.05, 3.63) is 121 Å². The van der Waals surface area contributed by atoms with Gasteiger partial charge in [-0.2, -0.15) is 0 Å². The van der Waals surface area contributed by atoms with Gasteiger partial charge in [0.15, 0.2) is 0 Å². The Morgan fingerprint density at radius 1 is 0.811 bits per heavy atom. The van der Waals surface area contributed by atoms with Gasteiger partial charge in [-0.05, 0) is 90.8 Å². The highest BCUT2D eigenvalue weighted by Gasteiger charge is 2.37. The average Bonchev–Trinajstić information content (AvgIpc) is 3.92. The summed E-state index contributed by atoms with van der Waals surface area (Å²) >= 11 is 0. The van der Waals surface area contributed by atoms with Crippen LogP contribution in [0.2, 0.25) is 0 Å². The lowest BCUT2D eigenvalue weighted by molar-refractivity contribution is -0.134. The number of piperidine rings is 1. The highest BCUT2D eigenvalue weighted by atomic mass is 16.5. The van der Waals surface area contributed by atoms with Crippen molar-refractivity contribution in [2.45, 2.75) is 44.2 Å². The predicted molar refractivity (Wildman–Crippen MR) is 207 cm³/mol. The van der Waals surface area contributed by atoms with Crippen molar-refractivity contribution in [3.63, 3.8) is 0 Å². The van der Waals surface area contributed by atoms with E-state index >= 15 is 0 Å². The average molecular weight is 707 g/mol. The monoisotopic (exact) mass is 706 g/mol. The molecule has 0 spiro atoms. The van der Waals surface area contributed by atoms with Crippen LogP contribution in [0.5, 0.6) is 0 Å². The number of H-pyrrole nitrogens is 1. The summed E-state index contributed by atoms with van der Waals surface area (Å²) in [4.78, 5) is 47.7. The molecule has 4 heterocycles. The quantitative estimate of drug-likeness (QED) is 0.137. The second-order valence-electron chi connectivity index (χ2n) is 13.6. The lowest BCUT2D eigenvalue weighted by Crippen LogP contribution is -2.42. The number of hydrogen-bond donors (Lipinski definition) is 3. The third kappa shape index (κ3) is 7.28. The van der Waals surface area contributed by atoms with Gasteiger partial charge < -0.3 is 30.2 Å². The number of nitrogens with one attached hydrogen (secondary N) is 3. The van der Waals surface area contributed by atoms with Crippen molar-refractivity contribution < 1.29 is 14.3 Å². The maximum atomic E-state index is 13.9. The first-order valence-electron chi connectivity index (χ1n) is 18.3. The van der Waals surface area contributed by atoms with E-state index in [9.17, 15) is 9.59 Å². The normalized spacial score (nSPS) is 16.4. The van der Waals surface area contributed by atoms with E-state index in [4.69, 9.17) is 9.72 Å². The van der Waals surface area contributed by atoms with Gasteiger partial charge in [0.2, 0.25) is 0 Å². The van der Waals surface area contributed by atoms with Gasteiger partial charge in [0.1, 0.15) is 24.0 Å². The number of anilines is 3. The molecular formula is C42H42N8O3. The molecular weight excluding hydrogens is 665 g/mol. The summed E-state index contributed by atoms with van der Waals surface area (Å²) in [5, 5.41) is 7.18. The first-order valence-corrected chi connectivity index (χ1v) is 18.3. The molecule has 4 aromatic carbocycles. The molecule has 2 atom stereocenters. The van der Waals surface area contributed by atoms with Crippen molar-refractivity contribution >= 4 is 40.1 Å². The standard InChI is InChI=1S/C42H42N8O3/c1-53-42(52)48-38(30-9-4-2-5-10-30)41(51)50-24-8-11-37(50)40-43-26-36(47-40)29-14-12-28(13-15-29)31-16-21-35-34(25-31)39(45-27-44-35)46-32-17-19-33(20-18-32)49-22-6-3-7-23-49/h2,4-5,9-10,12-21,25-27,37-38H,3,6-8,11,22-24H2,1H3,(H,43,47)(H,48,52)(H,44,45,46)/t37-,38-/m0/s1. The summed E-state index contributed by atoms with van der Waals surface area (Å²) in [6, 6.07) is 31.3. The number of aromatic nitrogens is 4. The van der Waals surface area contributed by atoms with Crippen LogP contribution in [-0.2, 0) is 9.53 Å². The number of nitrogens with zero attached hydrogens (tertiary/aromatic N) is 5. The number of aromatic amines is 1.